The summed E-state index contributed by atoms with van der Waals surface area (Å²) in [5, 5.41) is 9.70. The van der Waals surface area contributed by atoms with Gasteiger partial charge in [0.1, 0.15) is 11.5 Å². The minimum atomic E-state index is -0.612. The molecule has 0 aromatic heterocycles. The number of nitrogens with zero attached hydrogens (tertiary/aromatic N) is 1. The van der Waals surface area contributed by atoms with Gasteiger partial charge < -0.3 is 19.5 Å². The van der Waals surface area contributed by atoms with Crippen molar-refractivity contribution in [1.29, 1.82) is 0 Å². The Bertz CT molecular complexity index is 443. The molecule has 0 heterocycles. The molecule has 1 aromatic carbocycles. The van der Waals surface area contributed by atoms with Crippen LogP contribution < -0.4 is 9.47 Å². The van der Waals surface area contributed by atoms with Crippen LogP contribution in [0.15, 0.2) is 18.2 Å². The number of benzene rings is 1. The van der Waals surface area contributed by atoms with Crippen LogP contribution in [0.1, 0.15) is 31.4 Å². The molecular formula is C15H23NO4. The van der Waals surface area contributed by atoms with Gasteiger partial charge in [0.15, 0.2) is 0 Å². The van der Waals surface area contributed by atoms with Crippen LogP contribution in [0.4, 0.5) is 0 Å². The van der Waals surface area contributed by atoms with Crippen LogP contribution in [0.5, 0.6) is 11.5 Å². The largest absolute Gasteiger partial charge is 0.497 e. The molecule has 1 aromatic rings. The van der Waals surface area contributed by atoms with Crippen molar-refractivity contribution >= 4 is 5.91 Å². The molecular weight excluding hydrogens is 258 g/mol. The lowest BCUT2D eigenvalue weighted by Crippen LogP contribution is -2.21. The molecule has 1 amide bonds. The van der Waals surface area contributed by atoms with Gasteiger partial charge >= 0.3 is 0 Å². The molecule has 0 saturated carbocycles. The van der Waals surface area contributed by atoms with E-state index in [1.165, 1.54) is 0 Å². The number of rotatable bonds is 7. The van der Waals surface area contributed by atoms with Crippen molar-refractivity contribution in [3.05, 3.63) is 23.8 Å². The van der Waals surface area contributed by atoms with Crippen LogP contribution in [0, 0.1) is 0 Å². The smallest absolute Gasteiger partial charge is 0.222 e. The lowest BCUT2D eigenvalue weighted by Gasteiger charge is -2.15. The second-order valence-corrected chi connectivity index (χ2v) is 4.82. The number of ether oxygens (including phenoxy) is 2. The van der Waals surface area contributed by atoms with E-state index < -0.39 is 6.10 Å². The zero-order chi connectivity index (χ0) is 15.1. The van der Waals surface area contributed by atoms with Gasteiger partial charge in [-0.1, -0.05) is 0 Å². The van der Waals surface area contributed by atoms with Crippen molar-refractivity contribution in [2.75, 3.05) is 27.8 Å². The van der Waals surface area contributed by atoms with Crippen molar-refractivity contribution in [2.24, 2.45) is 0 Å². The monoisotopic (exact) mass is 281 g/mol. The number of carbonyl (C=O) groups is 1. The maximum atomic E-state index is 11.4. The lowest BCUT2D eigenvalue weighted by molar-refractivity contribution is -0.128. The summed E-state index contributed by atoms with van der Waals surface area (Å²) in [6.45, 7) is 2.11. The second kappa shape index (κ2) is 7.75. The zero-order valence-electron chi connectivity index (χ0n) is 12.5. The predicted octanol–water partition coefficient (Wildman–Crippen LogP) is 2.00. The Morgan fingerprint density at radius 3 is 2.65 bits per heavy atom. The quantitative estimate of drug-likeness (QED) is 0.777. The SMILES string of the molecule is COc1ccc(C(C)O)c(OCCCC(=O)N(C)C)c1. The molecule has 5 heteroatoms. The highest BCUT2D eigenvalue weighted by molar-refractivity contribution is 5.75. The van der Waals surface area contributed by atoms with Crippen LogP contribution in [0.3, 0.4) is 0 Å². The first-order chi connectivity index (χ1) is 9.45. The van der Waals surface area contributed by atoms with Gasteiger partial charge in [0.05, 0.1) is 19.8 Å². The summed E-state index contributed by atoms with van der Waals surface area (Å²) >= 11 is 0. The van der Waals surface area contributed by atoms with E-state index in [1.54, 1.807) is 51.2 Å². The molecule has 1 unspecified atom stereocenters. The Balaban J connectivity index is 2.59. The molecule has 0 aliphatic rings. The predicted molar refractivity (Wildman–Crippen MR) is 77.1 cm³/mol. The molecule has 0 bridgehead atoms. The van der Waals surface area contributed by atoms with E-state index in [4.69, 9.17) is 9.47 Å². The normalized spacial score (nSPS) is 11.8. The maximum Gasteiger partial charge on any atom is 0.222 e. The fourth-order valence-corrected chi connectivity index (χ4v) is 1.74. The average Bonchev–Trinajstić information content (AvgIpc) is 2.42. The van der Waals surface area contributed by atoms with E-state index in [2.05, 4.69) is 0 Å². The molecule has 0 fully saturated rings. The molecule has 0 radical (unpaired) electrons. The lowest BCUT2D eigenvalue weighted by atomic mass is 10.1. The highest BCUT2D eigenvalue weighted by Gasteiger charge is 2.11. The first-order valence-corrected chi connectivity index (χ1v) is 6.64. The standard InChI is InChI=1S/C15H23NO4/c1-11(17)13-8-7-12(19-4)10-14(13)20-9-5-6-15(18)16(2)3/h7-8,10-11,17H,5-6,9H2,1-4H3. The number of amides is 1. The summed E-state index contributed by atoms with van der Waals surface area (Å²) < 4.78 is 10.8. The molecule has 112 valence electrons. The van der Waals surface area contributed by atoms with Gasteiger partial charge in [-0.2, -0.15) is 0 Å². The van der Waals surface area contributed by atoms with Crippen LogP contribution in [0.2, 0.25) is 0 Å². The molecule has 1 N–H and O–H groups in total. The third-order valence-corrected chi connectivity index (χ3v) is 2.96. The number of hydrogen-bond acceptors (Lipinski definition) is 4. The molecule has 0 spiro atoms. The number of carbonyl (C=O) groups excluding carboxylic acids is 1. The number of aliphatic hydroxyl groups excluding tert-OH is 1. The topological polar surface area (TPSA) is 59.0 Å². The van der Waals surface area contributed by atoms with Gasteiger partial charge in [0, 0.05) is 32.1 Å². The average molecular weight is 281 g/mol. The van der Waals surface area contributed by atoms with Crippen molar-refractivity contribution in [3.63, 3.8) is 0 Å². The highest BCUT2D eigenvalue weighted by Crippen LogP contribution is 2.29. The molecule has 0 saturated heterocycles. The van der Waals surface area contributed by atoms with Crippen molar-refractivity contribution in [3.8, 4) is 11.5 Å². The minimum absolute atomic E-state index is 0.0787. The first kappa shape index (κ1) is 16.3. The van der Waals surface area contributed by atoms with Gasteiger partial charge in [-0.05, 0) is 25.5 Å². The third-order valence-electron chi connectivity index (χ3n) is 2.96. The van der Waals surface area contributed by atoms with E-state index in [1.807, 2.05) is 0 Å². The Labute approximate surface area is 120 Å². The highest BCUT2D eigenvalue weighted by atomic mass is 16.5. The first-order valence-electron chi connectivity index (χ1n) is 6.64. The molecule has 20 heavy (non-hydrogen) atoms. The summed E-state index contributed by atoms with van der Waals surface area (Å²) in [5.41, 5.74) is 0.713. The van der Waals surface area contributed by atoms with E-state index >= 15 is 0 Å². The molecule has 5 nitrogen and oxygen atoms in total. The summed E-state index contributed by atoms with van der Waals surface area (Å²) in [5.74, 6) is 1.35. The van der Waals surface area contributed by atoms with Crippen LogP contribution >= 0.6 is 0 Å². The van der Waals surface area contributed by atoms with Gasteiger partial charge in [0.25, 0.3) is 0 Å². The maximum absolute atomic E-state index is 11.4. The summed E-state index contributed by atoms with van der Waals surface area (Å²) in [4.78, 5) is 13.0. The second-order valence-electron chi connectivity index (χ2n) is 4.82. The van der Waals surface area contributed by atoms with E-state index in [9.17, 15) is 9.90 Å². The number of methoxy groups -OCH3 is 1. The Morgan fingerprint density at radius 2 is 2.10 bits per heavy atom. The summed E-state index contributed by atoms with van der Waals surface area (Å²) in [7, 11) is 5.05. The van der Waals surface area contributed by atoms with Gasteiger partial charge in [-0.3, -0.25) is 4.79 Å². The van der Waals surface area contributed by atoms with Crippen molar-refractivity contribution in [1.82, 2.24) is 4.90 Å². The molecule has 1 rings (SSSR count). The molecule has 1 atom stereocenters. The number of hydrogen-bond donors (Lipinski definition) is 1. The summed E-state index contributed by atoms with van der Waals surface area (Å²) in [6, 6.07) is 5.31. The van der Waals surface area contributed by atoms with E-state index in [0.717, 1.165) is 0 Å². The van der Waals surface area contributed by atoms with Gasteiger partial charge in [-0.25, -0.2) is 0 Å². The van der Waals surface area contributed by atoms with Crippen LogP contribution in [-0.2, 0) is 4.79 Å². The van der Waals surface area contributed by atoms with Crippen LogP contribution in [-0.4, -0.2) is 43.7 Å². The Kier molecular flexibility index (Phi) is 6.31. The fourth-order valence-electron chi connectivity index (χ4n) is 1.74. The fraction of sp³-hybridized carbons (Fsp3) is 0.533. The molecule has 0 aliphatic carbocycles. The van der Waals surface area contributed by atoms with E-state index in [0.29, 0.717) is 36.5 Å². The molecule has 0 aliphatic heterocycles. The Morgan fingerprint density at radius 1 is 1.40 bits per heavy atom. The van der Waals surface area contributed by atoms with Gasteiger partial charge in [-0.15, -0.1) is 0 Å². The minimum Gasteiger partial charge on any atom is -0.497 e. The third kappa shape index (κ3) is 4.74. The van der Waals surface area contributed by atoms with Crippen molar-refractivity contribution in [2.45, 2.75) is 25.9 Å². The van der Waals surface area contributed by atoms with Gasteiger partial charge in [0.2, 0.25) is 5.91 Å². The van der Waals surface area contributed by atoms with Crippen LogP contribution in [0.25, 0.3) is 0 Å². The van der Waals surface area contributed by atoms with E-state index in [-0.39, 0.29) is 5.91 Å². The summed E-state index contributed by atoms with van der Waals surface area (Å²) in [6.07, 6.45) is 0.466. The zero-order valence-corrected chi connectivity index (χ0v) is 12.5. The Hall–Kier alpha value is -1.75. The van der Waals surface area contributed by atoms with Crippen molar-refractivity contribution < 1.29 is 19.4 Å². The number of aliphatic hydroxyl groups is 1.